The van der Waals surface area contributed by atoms with E-state index in [0.717, 1.165) is 6.08 Å². The van der Waals surface area contributed by atoms with Gasteiger partial charge in [0.15, 0.2) is 0 Å². The van der Waals surface area contributed by atoms with Gasteiger partial charge in [-0.15, -0.1) is 0 Å². The summed E-state index contributed by atoms with van der Waals surface area (Å²) in [6, 6.07) is 0. The quantitative estimate of drug-likeness (QED) is 0.332. The molecule has 0 aromatic rings. The van der Waals surface area contributed by atoms with Gasteiger partial charge >= 0.3 is 5.97 Å². The number of hydrogen-bond acceptors (Lipinski definition) is 4. The highest BCUT2D eigenvalue weighted by molar-refractivity contribution is 5.81. The summed E-state index contributed by atoms with van der Waals surface area (Å²) in [6.45, 7) is 4.74. The van der Waals surface area contributed by atoms with Gasteiger partial charge in [-0.3, -0.25) is 0 Å². The molecule has 0 aliphatic heterocycles. The molecule has 0 heterocycles. The van der Waals surface area contributed by atoms with Crippen molar-refractivity contribution in [1.82, 2.24) is 0 Å². The molecular weight excluding hydrogens is 196 g/mol. The predicted molar refractivity (Wildman–Crippen MR) is 54.8 cm³/mol. The third kappa shape index (κ3) is 3.34. The third-order valence-corrected chi connectivity index (χ3v) is 1.64. The van der Waals surface area contributed by atoms with Crippen molar-refractivity contribution < 1.29 is 19.4 Å². The maximum atomic E-state index is 10.8. The predicted octanol–water partition coefficient (Wildman–Crippen LogP) is 1.97. The van der Waals surface area contributed by atoms with E-state index in [1.165, 1.54) is 6.92 Å². The van der Waals surface area contributed by atoms with E-state index in [9.17, 15) is 9.90 Å². The molecule has 0 spiro atoms. The van der Waals surface area contributed by atoms with Crippen LogP contribution in [0.15, 0.2) is 48.5 Å². The summed E-state index contributed by atoms with van der Waals surface area (Å²) in [7, 11) is 0. The summed E-state index contributed by atoms with van der Waals surface area (Å²) in [4.78, 5) is 10.8. The number of hydrogen-bond donors (Lipinski definition) is 1. The zero-order chi connectivity index (χ0) is 11.3. The van der Waals surface area contributed by atoms with Gasteiger partial charge in [0.05, 0.1) is 5.57 Å². The fourth-order valence-corrected chi connectivity index (χ4v) is 0.978. The SMILES string of the molecule is C=CC(=O)OC(C)OC(O)=C1C=CC=C1. The Morgan fingerprint density at radius 1 is 1.47 bits per heavy atom. The molecule has 1 rings (SSSR count). The van der Waals surface area contributed by atoms with E-state index in [2.05, 4.69) is 6.58 Å². The van der Waals surface area contributed by atoms with Gasteiger partial charge in [0, 0.05) is 13.0 Å². The Morgan fingerprint density at radius 2 is 2.07 bits per heavy atom. The Bertz CT molecular complexity index is 336. The van der Waals surface area contributed by atoms with Crippen LogP contribution in [0.2, 0.25) is 0 Å². The lowest BCUT2D eigenvalue weighted by atomic mass is 10.3. The van der Waals surface area contributed by atoms with Crippen LogP contribution in [0.5, 0.6) is 0 Å². The smallest absolute Gasteiger partial charge is 0.333 e. The molecule has 4 nitrogen and oxygen atoms in total. The molecule has 1 N–H and O–H groups in total. The molecule has 0 amide bonds. The molecule has 0 radical (unpaired) electrons. The fourth-order valence-electron chi connectivity index (χ4n) is 0.978. The molecule has 1 aliphatic rings. The van der Waals surface area contributed by atoms with E-state index in [1.807, 2.05) is 0 Å². The molecule has 0 fully saturated rings. The first-order valence-corrected chi connectivity index (χ1v) is 4.41. The minimum absolute atomic E-state index is 0.274. The summed E-state index contributed by atoms with van der Waals surface area (Å²) >= 11 is 0. The van der Waals surface area contributed by atoms with Crippen LogP contribution in [0.1, 0.15) is 6.92 Å². The summed E-state index contributed by atoms with van der Waals surface area (Å²) in [6.07, 6.45) is 7.05. The number of rotatable bonds is 4. The van der Waals surface area contributed by atoms with Gasteiger partial charge in [-0.05, 0) is 12.2 Å². The highest BCUT2D eigenvalue weighted by atomic mass is 16.7. The third-order valence-electron chi connectivity index (χ3n) is 1.64. The Balaban J connectivity index is 2.51. The van der Waals surface area contributed by atoms with E-state index in [-0.39, 0.29) is 5.95 Å². The second-order valence-electron chi connectivity index (χ2n) is 2.81. The van der Waals surface area contributed by atoms with Gasteiger partial charge in [-0.25, -0.2) is 4.79 Å². The molecule has 80 valence electrons. The monoisotopic (exact) mass is 208 g/mol. The maximum absolute atomic E-state index is 10.8. The number of esters is 1. The summed E-state index contributed by atoms with van der Waals surface area (Å²) < 4.78 is 9.66. The molecule has 1 atom stereocenters. The molecule has 1 unspecified atom stereocenters. The average molecular weight is 208 g/mol. The fraction of sp³-hybridized carbons (Fsp3) is 0.182. The molecule has 4 heteroatoms. The Labute approximate surface area is 87.8 Å². The Kier molecular flexibility index (Phi) is 3.74. The molecule has 0 aromatic carbocycles. The second kappa shape index (κ2) is 5.05. The summed E-state index contributed by atoms with van der Waals surface area (Å²) in [5.74, 6) is -0.873. The zero-order valence-electron chi connectivity index (χ0n) is 8.34. The highest BCUT2D eigenvalue weighted by Crippen LogP contribution is 2.14. The Morgan fingerprint density at radius 3 is 2.60 bits per heavy atom. The van der Waals surface area contributed by atoms with Crippen LogP contribution >= 0.6 is 0 Å². The van der Waals surface area contributed by atoms with E-state index >= 15 is 0 Å². The molecule has 1 aliphatic carbocycles. The van der Waals surface area contributed by atoms with Gasteiger partial charge in [-0.2, -0.15) is 0 Å². The van der Waals surface area contributed by atoms with Gasteiger partial charge in [0.25, 0.3) is 5.95 Å². The normalized spacial score (nSPS) is 14.9. The first-order valence-electron chi connectivity index (χ1n) is 4.41. The summed E-state index contributed by atoms with van der Waals surface area (Å²) in [5, 5.41) is 9.44. The van der Waals surface area contributed by atoms with E-state index in [4.69, 9.17) is 9.47 Å². The van der Waals surface area contributed by atoms with Crippen molar-refractivity contribution in [3.63, 3.8) is 0 Å². The first kappa shape index (κ1) is 11.1. The average Bonchev–Trinajstić information content (AvgIpc) is 2.70. The number of allylic oxidation sites excluding steroid dienone is 5. The van der Waals surface area contributed by atoms with E-state index < -0.39 is 12.3 Å². The van der Waals surface area contributed by atoms with Crippen molar-refractivity contribution >= 4 is 5.97 Å². The van der Waals surface area contributed by atoms with Gasteiger partial charge in [0.1, 0.15) is 0 Å². The molecule has 0 bridgehead atoms. The number of aliphatic hydroxyl groups is 1. The second-order valence-corrected chi connectivity index (χ2v) is 2.81. The minimum atomic E-state index is -0.856. The van der Waals surface area contributed by atoms with Crippen molar-refractivity contribution in [1.29, 1.82) is 0 Å². The van der Waals surface area contributed by atoms with Gasteiger partial charge in [-0.1, -0.05) is 18.7 Å². The standard InChI is InChI=1S/C11H12O4/c1-3-10(12)14-8(2)15-11(13)9-6-4-5-7-9/h3-8,13H,1H2,2H3. The summed E-state index contributed by atoms with van der Waals surface area (Å²) in [5.41, 5.74) is 0.538. The first-order chi connectivity index (χ1) is 7.13. The topological polar surface area (TPSA) is 55.8 Å². The Hall–Kier alpha value is -1.97. The number of aliphatic hydroxyl groups excluding tert-OH is 1. The van der Waals surface area contributed by atoms with E-state index in [0.29, 0.717) is 5.57 Å². The molecule has 0 saturated heterocycles. The molecule has 15 heavy (non-hydrogen) atoms. The molecule has 0 aromatic heterocycles. The van der Waals surface area contributed by atoms with Gasteiger partial charge in [0.2, 0.25) is 6.29 Å². The lowest BCUT2D eigenvalue weighted by Gasteiger charge is -2.13. The highest BCUT2D eigenvalue weighted by Gasteiger charge is 2.11. The van der Waals surface area contributed by atoms with E-state index in [1.54, 1.807) is 24.3 Å². The van der Waals surface area contributed by atoms with Crippen LogP contribution < -0.4 is 0 Å². The number of carbonyl (C=O) groups excluding carboxylic acids is 1. The minimum Gasteiger partial charge on any atom is -0.480 e. The maximum Gasteiger partial charge on any atom is 0.333 e. The van der Waals surface area contributed by atoms with Crippen LogP contribution in [0.4, 0.5) is 0 Å². The number of carbonyl (C=O) groups is 1. The molecular formula is C11H12O4. The van der Waals surface area contributed by atoms with Crippen LogP contribution in [0.3, 0.4) is 0 Å². The van der Waals surface area contributed by atoms with Crippen LogP contribution in [-0.2, 0) is 14.3 Å². The number of ether oxygens (including phenoxy) is 2. The largest absolute Gasteiger partial charge is 0.480 e. The van der Waals surface area contributed by atoms with Gasteiger partial charge < -0.3 is 14.6 Å². The lowest BCUT2D eigenvalue weighted by molar-refractivity contribution is -0.168. The van der Waals surface area contributed by atoms with Crippen molar-refractivity contribution in [3.05, 3.63) is 48.5 Å². The zero-order valence-corrected chi connectivity index (χ0v) is 8.34. The van der Waals surface area contributed by atoms with Crippen molar-refractivity contribution in [2.45, 2.75) is 13.2 Å². The van der Waals surface area contributed by atoms with Crippen molar-refractivity contribution in [3.8, 4) is 0 Å². The van der Waals surface area contributed by atoms with Crippen LogP contribution in [0, 0.1) is 0 Å². The van der Waals surface area contributed by atoms with Crippen LogP contribution in [-0.4, -0.2) is 17.4 Å². The lowest BCUT2D eigenvalue weighted by Crippen LogP contribution is -2.16. The molecule has 0 saturated carbocycles. The van der Waals surface area contributed by atoms with Crippen molar-refractivity contribution in [2.75, 3.05) is 0 Å². The van der Waals surface area contributed by atoms with Crippen molar-refractivity contribution in [2.24, 2.45) is 0 Å². The van der Waals surface area contributed by atoms with Crippen LogP contribution in [0.25, 0.3) is 0 Å².